The predicted molar refractivity (Wildman–Crippen MR) is 118 cm³/mol. The van der Waals surface area contributed by atoms with Crippen molar-refractivity contribution in [3.63, 3.8) is 0 Å². The second kappa shape index (κ2) is 9.56. The van der Waals surface area contributed by atoms with Gasteiger partial charge in [0.2, 0.25) is 0 Å². The molecule has 0 spiro atoms. The Balaban J connectivity index is 2.54. The number of benzene rings is 1. The number of rotatable bonds is 7. The number of piperidine rings is 1. The Morgan fingerprint density at radius 3 is 2.90 bits per heavy atom. The van der Waals surface area contributed by atoms with E-state index in [1.807, 2.05) is 0 Å². The first kappa shape index (κ1) is 6.61. The van der Waals surface area contributed by atoms with Crippen LogP contribution in [0.2, 0.25) is 0 Å². The lowest BCUT2D eigenvalue weighted by Gasteiger charge is -2.47. The normalized spacial score (nSPS) is 50.3. The average molecular weight is 445 g/mol. The smallest absolute Gasteiger partial charge is 0.323 e. The number of nitrogens with two attached hydrogens (primary N) is 1. The standard InChI is InChI=1S/C24H38N2O4/c1-14(2)9-17-13-26-8-7-16-10-21(28-5)22(29-6)11-18(16)19(26)12-20(17)30-24(27)23(25)15(3)4/h10-11,14-15,17,19-20,23H,7-9,12-13,25H2,1-6H3/t17?,19?,20?,23-/m0/s1/i1D3,2D3,3D3,4D3,6D3,7D2,8D2,9D2,14D,15D,19D,20D,23D. The molecule has 2 aliphatic rings. The van der Waals surface area contributed by atoms with Crippen LogP contribution in [0.3, 0.4) is 0 Å². The number of nitrogens with zero attached hydrogens (tertiary/aromatic N) is 1. The second-order valence-corrected chi connectivity index (χ2v) is 6.34. The monoisotopic (exact) mass is 444 g/mol. The highest BCUT2D eigenvalue weighted by atomic mass is 16.5. The first-order chi connectivity index (χ1) is 24.3. The van der Waals surface area contributed by atoms with Crippen LogP contribution in [0.25, 0.3) is 0 Å². The van der Waals surface area contributed by atoms with Crippen LogP contribution in [-0.2, 0) is 15.9 Å². The molecular formula is C24H38N2O4. The molecule has 30 heavy (non-hydrogen) atoms. The summed E-state index contributed by atoms with van der Waals surface area (Å²) in [5.74, 6) is -15.5. The summed E-state index contributed by atoms with van der Waals surface area (Å²) in [6, 6.07) is -5.99. The van der Waals surface area contributed by atoms with E-state index in [1.54, 1.807) is 0 Å². The van der Waals surface area contributed by atoms with Crippen molar-refractivity contribution < 1.29 is 54.6 Å². The van der Waals surface area contributed by atoms with E-state index in [-0.39, 0.29) is 4.90 Å². The molecule has 2 aliphatic heterocycles. The molecular weight excluding hydrogens is 380 g/mol. The van der Waals surface area contributed by atoms with Gasteiger partial charge in [0, 0.05) is 58.8 Å². The highest BCUT2D eigenvalue weighted by Crippen LogP contribution is 2.44. The topological polar surface area (TPSA) is 74.0 Å². The zero-order chi connectivity index (χ0) is 44.5. The highest BCUT2D eigenvalue weighted by Gasteiger charge is 2.41. The molecule has 6 nitrogen and oxygen atoms in total. The van der Waals surface area contributed by atoms with E-state index < -0.39 is 131 Å². The zero-order valence-corrected chi connectivity index (χ0v) is 15.8. The number of fused-ring (bicyclic) bond motifs is 3. The molecule has 0 aromatic heterocycles. The molecule has 6 heteroatoms. The molecule has 3 unspecified atom stereocenters. The van der Waals surface area contributed by atoms with E-state index in [9.17, 15) is 7.54 Å². The van der Waals surface area contributed by atoms with Gasteiger partial charge < -0.3 is 19.9 Å². The molecule has 0 radical (unpaired) electrons. The van der Waals surface area contributed by atoms with Gasteiger partial charge in [0.15, 0.2) is 11.5 Å². The van der Waals surface area contributed by atoms with E-state index in [2.05, 4.69) is 0 Å². The van der Waals surface area contributed by atoms with Gasteiger partial charge in [-0.1, -0.05) is 27.4 Å². The van der Waals surface area contributed by atoms with Gasteiger partial charge >= 0.3 is 5.97 Å². The Morgan fingerprint density at radius 1 is 1.40 bits per heavy atom. The average Bonchev–Trinajstić information content (AvgIpc) is 2.95. The van der Waals surface area contributed by atoms with Crippen molar-refractivity contribution in [2.75, 3.05) is 27.2 Å². The maximum atomic E-state index is 13.9. The van der Waals surface area contributed by atoms with Crippen LogP contribution in [0, 0.1) is 17.7 Å². The van der Waals surface area contributed by atoms with Gasteiger partial charge in [0.05, 0.1) is 22.4 Å². The molecule has 168 valence electrons. The van der Waals surface area contributed by atoms with Crippen molar-refractivity contribution in [1.82, 2.24) is 4.90 Å². The van der Waals surface area contributed by atoms with E-state index >= 15 is 0 Å². The van der Waals surface area contributed by atoms with E-state index in [4.69, 9.17) is 52.8 Å². The Hall–Kier alpha value is -1.79. The summed E-state index contributed by atoms with van der Waals surface area (Å²) in [4.78, 5) is 14.0. The Kier molecular flexibility index (Phi) is 2.11. The quantitative estimate of drug-likeness (QED) is 0.648. The van der Waals surface area contributed by atoms with Gasteiger partial charge in [-0.15, -0.1) is 0 Å². The van der Waals surface area contributed by atoms with E-state index in [1.165, 1.54) is 0 Å². The third-order valence-electron chi connectivity index (χ3n) is 4.50. The summed E-state index contributed by atoms with van der Waals surface area (Å²) < 4.78 is 229. The zero-order valence-electron chi connectivity index (χ0n) is 41.8. The Bertz CT molecular complexity index is 1670. The molecule has 0 amide bonds. The van der Waals surface area contributed by atoms with Gasteiger partial charge in [-0.25, -0.2) is 0 Å². The maximum absolute atomic E-state index is 13.9. The summed E-state index contributed by atoms with van der Waals surface area (Å²) in [5, 5.41) is 0. The number of esters is 1. The van der Waals surface area contributed by atoms with Crippen LogP contribution < -0.4 is 15.2 Å². The van der Waals surface area contributed by atoms with Crippen molar-refractivity contribution in [1.29, 1.82) is 0 Å². The summed E-state index contributed by atoms with van der Waals surface area (Å²) in [6.07, 6.45) is -13.2. The second-order valence-electron chi connectivity index (χ2n) is 6.34. The first-order valence-electron chi connectivity index (χ1n) is 21.5. The van der Waals surface area contributed by atoms with Crippen LogP contribution in [0.15, 0.2) is 12.1 Å². The van der Waals surface area contributed by atoms with Gasteiger partial charge in [-0.05, 0) is 47.8 Å². The lowest BCUT2D eigenvalue weighted by atomic mass is 9.79. The fourth-order valence-corrected chi connectivity index (χ4v) is 3.08. The summed E-state index contributed by atoms with van der Waals surface area (Å²) in [5.41, 5.74) is 4.07. The largest absolute Gasteiger partial charge is 0.493 e. The molecule has 2 heterocycles. The number of carbonyl (C=O) groups excluding carboxylic acids is 1. The Morgan fingerprint density at radius 2 is 2.20 bits per heavy atom. The minimum absolute atomic E-state index is 0.173. The number of ether oxygens (including phenoxy) is 3. The molecule has 0 bridgehead atoms. The number of carbonyl (C=O) groups is 1. The maximum Gasteiger partial charge on any atom is 0.323 e. The molecule has 0 aliphatic carbocycles. The van der Waals surface area contributed by atoms with Crippen molar-refractivity contribution in [2.24, 2.45) is 23.4 Å². The molecule has 1 aromatic carbocycles. The van der Waals surface area contributed by atoms with E-state index in [0.717, 1.165) is 13.2 Å². The fourth-order valence-electron chi connectivity index (χ4n) is 3.08. The van der Waals surface area contributed by atoms with Crippen LogP contribution in [0.1, 0.15) is 93.0 Å². The number of hydrogen-bond donors (Lipinski definition) is 1. The summed E-state index contributed by atoms with van der Waals surface area (Å²) >= 11 is 0. The third kappa shape index (κ3) is 4.75. The fraction of sp³-hybridized carbons (Fsp3) is 0.708. The lowest BCUT2D eigenvalue weighted by molar-refractivity contribution is -0.160. The van der Waals surface area contributed by atoms with Crippen LogP contribution >= 0.6 is 0 Å². The van der Waals surface area contributed by atoms with Gasteiger partial charge in [0.1, 0.15) is 12.1 Å². The molecule has 0 saturated carbocycles. The minimum atomic E-state index is -4.34. The first-order valence-corrected chi connectivity index (χ1v) is 8.53. The number of hydrogen-bond acceptors (Lipinski definition) is 6. The molecule has 4 atom stereocenters. The molecule has 1 saturated heterocycles. The van der Waals surface area contributed by atoms with Gasteiger partial charge in [-0.2, -0.15) is 0 Å². The van der Waals surface area contributed by atoms with Crippen molar-refractivity contribution in [3.8, 4) is 11.5 Å². The molecule has 1 fully saturated rings. The SMILES string of the molecule is [2H]C([2H])([2H])Oc1cc2c(cc1OC)C([2H])([2H])C([2H])([2H])N1CC(C([2H])([2H])C([2H])(C([2H])([2H])[2H])C([2H])([2H])[2H])C([2H])(OC(=O)[C@@]([2H])(N)C([2H])(C([2H])([2H])[2H])C([2H])([2H])[2H])CC21[2H]. The van der Waals surface area contributed by atoms with Crippen molar-refractivity contribution in [3.05, 3.63) is 23.3 Å². The lowest BCUT2D eigenvalue weighted by Crippen LogP contribution is -2.51. The number of methoxy groups -OCH3 is 2. The molecule has 2 N–H and O–H groups in total. The summed E-state index contributed by atoms with van der Waals surface area (Å²) in [7, 11) is -2.27. The van der Waals surface area contributed by atoms with Crippen molar-refractivity contribution >= 4 is 5.97 Å². The van der Waals surface area contributed by atoms with Gasteiger partial charge in [0.25, 0.3) is 0 Å². The van der Waals surface area contributed by atoms with Crippen LogP contribution in [-0.4, -0.2) is 50.2 Å². The molecule has 1 aromatic rings. The molecule has 3 rings (SSSR count). The van der Waals surface area contributed by atoms with E-state index in [0.29, 0.717) is 6.07 Å². The third-order valence-corrected chi connectivity index (χ3v) is 4.50. The van der Waals surface area contributed by atoms with Crippen molar-refractivity contribution in [2.45, 2.75) is 64.7 Å². The Labute approximate surface area is 217 Å². The van der Waals surface area contributed by atoms with Crippen LogP contribution in [0.4, 0.5) is 0 Å². The summed E-state index contributed by atoms with van der Waals surface area (Å²) in [6.45, 7) is -21.9. The highest BCUT2D eigenvalue weighted by molar-refractivity contribution is 5.76. The van der Waals surface area contributed by atoms with Gasteiger partial charge in [-0.3, -0.25) is 9.69 Å². The van der Waals surface area contributed by atoms with Crippen LogP contribution in [0.5, 0.6) is 11.5 Å². The predicted octanol–water partition coefficient (Wildman–Crippen LogP) is 3.56. The number of aryl methyl sites for hydroxylation is 1. The minimum Gasteiger partial charge on any atom is -0.493 e.